The van der Waals surface area contributed by atoms with Crippen molar-refractivity contribution in [1.82, 2.24) is 9.36 Å². The third kappa shape index (κ3) is 1.97. The molecular formula is C8H6N2O3S2. The van der Waals surface area contributed by atoms with Gasteiger partial charge in [-0.3, -0.25) is 0 Å². The molecule has 0 amide bonds. The number of thiazole rings is 1. The van der Waals surface area contributed by atoms with E-state index in [9.17, 15) is 4.79 Å². The molecule has 0 spiro atoms. The summed E-state index contributed by atoms with van der Waals surface area (Å²) < 4.78 is 8.93. The average molecular weight is 242 g/mol. The number of aromatic nitrogens is 2. The van der Waals surface area contributed by atoms with Crippen molar-refractivity contribution in [3.05, 3.63) is 17.1 Å². The molecule has 78 valence electrons. The highest BCUT2D eigenvalue weighted by Gasteiger charge is 2.12. The van der Waals surface area contributed by atoms with E-state index in [0.29, 0.717) is 10.9 Å². The Hall–Kier alpha value is -1.47. The van der Waals surface area contributed by atoms with Gasteiger partial charge < -0.3 is 9.84 Å². The molecule has 15 heavy (non-hydrogen) atoms. The molecule has 2 aromatic heterocycles. The van der Waals surface area contributed by atoms with Gasteiger partial charge in [-0.05, 0) is 11.5 Å². The monoisotopic (exact) mass is 242 g/mol. The molecule has 0 aliphatic heterocycles. The summed E-state index contributed by atoms with van der Waals surface area (Å²) >= 11 is 2.51. The number of rotatable bonds is 3. The second-order valence-electron chi connectivity index (χ2n) is 2.58. The molecule has 0 aromatic carbocycles. The maximum atomic E-state index is 10.6. The topological polar surface area (TPSA) is 72.3 Å². The van der Waals surface area contributed by atoms with Crippen molar-refractivity contribution in [2.75, 3.05) is 7.11 Å². The summed E-state index contributed by atoms with van der Waals surface area (Å²) in [4.78, 5) is 15.4. The third-order valence-corrected chi connectivity index (χ3v) is 3.42. The minimum Gasteiger partial charge on any atom is -0.480 e. The van der Waals surface area contributed by atoms with Crippen molar-refractivity contribution in [2.45, 2.75) is 0 Å². The molecule has 0 aliphatic carbocycles. The van der Waals surface area contributed by atoms with E-state index < -0.39 is 5.97 Å². The number of aromatic carboxylic acids is 1. The first kappa shape index (κ1) is 10.1. The summed E-state index contributed by atoms with van der Waals surface area (Å²) in [5.41, 5.74) is 0.0577. The zero-order valence-electron chi connectivity index (χ0n) is 7.63. The predicted molar refractivity (Wildman–Crippen MR) is 56.7 cm³/mol. The fourth-order valence-electron chi connectivity index (χ4n) is 0.941. The fraction of sp³-hybridized carbons (Fsp3) is 0.125. The number of hydrogen-bond acceptors (Lipinski definition) is 6. The Morgan fingerprint density at radius 2 is 2.40 bits per heavy atom. The number of carboxylic acid groups (broad SMARTS) is 1. The lowest BCUT2D eigenvalue weighted by Crippen LogP contribution is -1.95. The maximum absolute atomic E-state index is 10.6. The van der Waals surface area contributed by atoms with Gasteiger partial charge in [-0.25, -0.2) is 9.78 Å². The highest BCUT2D eigenvalue weighted by Crippen LogP contribution is 2.30. The fourth-order valence-corrected chi connectivity index (χ4v) is 2.49. The van der Waals surface area contributed by atoms with E-state index in [2.05, 4.69) is 9.36 Å². The van der Waals surface area contributed by atoms with Gasteiger partial charge in [0.05, 0.1) is 12.0 Å². The minimum absolute atomic E-state index is 0.0577. The van der Waals surface area contributed by atoms with E-state index in [1.807, 2.05) is 0 Å². The molecule has 2 aromatic rings. The highest BCUT2D eigenvalue weighted by molar-refractivity contribution is 7.18. The third-order valence-electron chi connectivity index (χ3n) is 1.63. The van der Waals surface area contributed by atoms with E-state index >= 15 is 0 Å². The Morgan fingerprint density at radius 3 is 2.93 bits per heavy atom. The Labute approximate surface area is 93.1 Å². The van der Waals surface area contributed by atoms with Crippen molar-refractivity contribution in [3.63, 3.8) is 0 Å². The van der Waals surface area contributed by atoms with Gasteiger partial charge >= 0.3 is 5.97 Å². The van der Waals surface area contributed by atoms with E-state index in [-0.39, 0.29) is 5.69 Å². The van der Waals surface area contributed by atoms with Crippen LogP contribution in [0.25, 0.3) is 9.88 Å². The quantitative estimate of drug-likeness (QED) is 0.890. The second-order valence-corrected chi connectivity index (χ2v) is 4.24. The number of hydrogen-bond donors (Lipinski definition) is 1. The zero-order valence-corrected chi connectivity index (χ0v) is 9.26. The van der Waals surface area contributed by atoms with Gasteiger partial charge in [-0.15, -0.1) is 11.3 Å². The van der Waals surface area contributed by atoms with Gasteiger partial charge in [0, 0.05) is 11.4 Å². The number of nitrogens with zero attached hydrogens (tertiary/aromatic N) is 2. The first-order valence-corrected chi connectivity index (χ1v) is 5.56. The Balaban J connectivity index is 2.32. The van der Waals surface area contributed by atoms with Crippen LogP contribution in [0.1, 0.15) is 10.5 Å². The summed E-state index contributed by atoms with van der Waals surface area (Å²) in [5, 5.41) is 10.9. The van der Waals surface area contributed by atoms with Gasteiger partial charge in [0.15, 0.2) is 5.69 Å². The van der Waals surface area contributed by atoms with Crippen LogP contribution in [0.2, 0.25) is 0 Å². The first-order chi connectivity index (χ1) is 7.20. The first-order valence-electron chi connectivity index (χ1n) is 3.90. The molecule has 0 saturated carbocycles. The van der Waals surface area contributed by atoms with Crippen LogP contribution in [0.4, 0.5) is 0 Å². The summed E-state index contributed by atoms with van der Waals surface area (Å²) in [6, 6.07) is 1.73. The predicted octanol–water partition coefficient (Wildman–Crippen LogP) is 1.97. The highest BCUT2D eigenvalue weighted by atomic mass is 32.1. The van der Waals surface area contributed by atoms with Crippen LogP contribution < -0.4 is 4.74 Å². The molecule has 7 heteroatoms. The zero-order chi connectivity index (χ0) is 10.8. The lowest BCUT2D eigenvalue weighted by molar-refractivity contribution is 0.0691. The molecular weight excluding hydrogens is 236 g/mol. The lowest BCUT2D eigenvalue weighted by atomic mass is 10.5. The summed E-state index contributed by atoms with van der Waals surface area (Å²) in [6.45, 7) is 0. The van der Waals surface area contributed by atoms with Crippen LogP contribution in [0.3, 0.4) is 0 Å². The number of methoxy groups -OCH3 is 1. The SMILES string of the molecule is COc1cc(-c2nc(C(=O)O)cs2)sn1. The molecule has 1 N–H and O–H groups in total. The molecule has 0 saturated heterocycles. The van der Waals surface area contributed by atoms with Crippen LogP contribution in [-0.4, -0.2) is 27.5 Å². The van der Waals surface area contributed by atoms with Crippen molar-refractivity contribution in [2.24, 2.45) is 0 Å². The molecule has 5 nitrogen and oxygen atoms in total. The molecule has 0 bridgehead atoms. The van der Waals surface area contributed by atoms with E-state index in [0.717, 1.165) is 4.88 Å². The molecule has 2 heterocycles. The number of carbonyl (C=O) groups is 1. The van der Waals surface area contributed by atoms with Gasteiger partial charge in [-0.2, -0.15) is 4.37 Å². The summed E-state index contributed by atoms with van der Waals surface area (Å²) in [5.74, 6) is -0.504. The molecule has 0 unspecified atom stereocenters. The second kappa shape index (κ2) is 3.95. The van der Waals surface area contributed by atoms with Gasteiger partial charge in [0.2, 0.25) is 5.88 Å². The number of ether oxygens (including phenoxy) is 1. The smallest absolute Gasteiger partial charge is 0.355 e. The Bertz CT molecular complexity index is 492. The van der Waals surface area contributed by atoms with Crippen LogP contribution >= 0.6 is 22.9 Å². The van der Waals surface area contributed by atoms with Gasteiger partial charge in [-0.1, -0.05) is 0 Å². The van der Waals surface area contributed by atoms with Crippen LogP contribution in [0, 0.1) is 0 Å². The molecule has 0 aliphatic rings. The normalized spacial score (nSPS) is 10.2. The maximum Gasteiger partial charge on any atom is 0.355 e. The van der Waals surface area contributed by atoms with E-state index in [1.165, 1.54) is 35.4 Å². The summed E-state index contributed by atoms with van der Waals surface area (Å²) in [6.07, 6.45) is 0. The largest absolute Gasteiger partial charge is 0.480 e. The Kier molecular flexibility index (Phi) is 2.65. The molecule has 0 radical (unpaired) electrons. The van der Waals surface area contributed by atoms with Crippen molar-refractivity contribution >= 4 is 28.8 Å². The van der Waals surface area contributed by atoms with Crippen LogP contribution in [0.15, 0.2) is 11.4 Å². The van der Waals surface area contributed by atoms with E-state index in [1.54, 1.807) is 6.07 Å². The van der Waals surface area contributed by atoms with Crippen molar-refractivity contribution in [1.29, 1.82) is 0 Å². The van der Waals surface area contributed by atoms with Gasteiger partial charge in [0.1, 0.15) is 5.01 Å². The standard InChI is InChI=1S/C8H6N2O3S2/c1-13-6-2-5(15-10-6)7-9-4(3-14-7)8(11)12/h2-3H,1H3,(H,11,12). The average Bonchev–Trinajstić information content (AvgIpc) is 2.86. The molecule has 0 fully saturated rings. The Morgan fingerprint density at radius 1 is 1.60 bits per heavy atom. The van der Waals surface area contributed by atoms with Gasteiger partial charge in [0.25, 0.3) is 0 Å². The van der Waals surface area contributed by atoms with Crippen LogP contribution in [0.5, 0.6) is 5.88 Å². The molecule has 2 rings (SSSR count). The van der Waals surface area contributed by atoms with E-state index in [4.69, 9.17) is 9.84 Å². The van der Waals surface area contributed by atoms with Crippen molar-refractivity contribution < 1.29 is 14.6 Å². The van der Waals surface area contributed by atoms with Crippen LogP contribution in [-0.2, 0) is 0 Å². The number of carboxylic acids is 1. The van der Waals surface area contributed by atoms with Crippen molar-refractivity contribution in [3.8, 4) is 15.8 Å². The summed E-state index contributed by atoms with van der Waals surface area (Å²) in [7, 11) is 1.53. The minimum atomic E-state index is -1.02. The lowest BCUT2D eigenvalue weighted by Gasteiger charge is -1.87. The molecule has 0 atom stereocenters.